The minimum atomic E-state index is -0.630. The lowest BCUT2D eigenvalue weighted by Gasteiger charge is -2.13. The van der Waals surface area contributed by atoms with Crippen molar-refractivity contribution >= 4 is 12.4 Å². The van der Waals surface area contributed by atoms with Crippen LogP contribution < -0.4 is 0 Å². The Morgan fingerprint density at radius 3 is 2.75 bits per heavy atom. The van der Waals surface area contributed by atoms with Crippen LogP contribution in [0.3, 0.4) is 0 Å². The second-order valence-corrected chi connectivity index (χ2v) is 6.13. The van der Waals surface area contributed by atoms with Crippen molar-refractivity contribution in [2.24, 2.45) is 5.92 Å². The van der Waals surface area contributed by atoms with Crippen molar-refractivity contribution in [3.8, 4) is 5.95 Å². The van der Waals surface area contributed by atoms with E-state index in [-0.39, 0.29) is 36.6 Å². The lowest BCUT2D eigenvalue weighted by Crippen LogP contribution is -2.30. The molecular formula is C15H18N8O5. The highest BCUT2D eigenvalue weighted by atomic mass is 16.5. The summed E-state index contributed by atoms with van der Waals surface area (Å²) in [7, 11) is 0. The van der Waals surface area contributed by atoms with Gasteiger partial charge in [-0.2, -0.15) is 4.98 Å². The molecule has 2 atom stereocenters. The third-order valence-electron chi connectivity index (χ3n) is 4.16. The minimum absolute atomic E-state index is 0.104. The Hall–Kier alpha value is -3.61. The van der Waals surface area contributed by atoms with E-state index in [0.29, 0.717) is 18.7 Å². The number of rotatable bonds is 4. The number of aromatic amines is 1. The number of nitrogens with one attached hydrogen (secondary N) is 1. The summed E-state index contributed by atoms with van der Waals surface area (Å²) in [6.07, 6.45) is 2.77. The standard InChI is InChI=1S/C14H16N8O3.CH2O2/c1-8-2-10(25-20-8)3-9-4-21(5-11(9)23)13(24)12-17-14(19-18-12)22-6-15-16-7-22;2-1-3/h2,6-7,9,11,23H,3-5H2,1H3,(H,17,18,19);1H,(H,2,3)/t9-,11+;/m1./s1. The largest absolute Gasteiger partial charge is 0.483 e. The van der Waals surface area contributed by atoms with Gasteiger partial charge in [0.25, 0.3) is 18.3 Å². The first-order chi connectivity index (χ1) is 13.5. The number of hydrogen-bond acceptors (Lipinski definition) is 9. The summed E-state index contributed by atoms with van der Waals surface area (Å²) in [5.74, 6) is 0.651. The summed E-state index contributed by atoms with van der Waals surface area (Å²) in [5.41, 5.74) is 0.790. The molecule has 0 bridgehead atoms. The first-order valence-electron chi connectivity index (χ1n) is 8.26. The van der Waals surface area contributed by atoms with Crippen LogP contribution in [0.15, 0.2) is 23.2 Å². The first kappa shape index (κ1) is 19.2. The highest BCUT2D eigenvalue weighted by Crippen LogP contribution is 2.23. The van der Waals surface area contributed by atoms with Gasteiger partial charge in [-0.3, -0.25) is 19.3 Å². The predicted octanol–water partition coefficient (Wildman–Crippen LogP) is -0.942. The van der Waals surface area contributed by atoms with E-state index in [1.54, 1.807) is 4.90 Å². The number of likely N-dealkylation sites (tertiary alicyclic amines) is 1. The van der Waals surface area contributed by atoms with Gasteiger partial charge in [-0.25, -0.2) is 0 Å². The number of hydrogen-bond donors (Lipinski definition) is 3. The van der Waals surface area contributed by atoms with E-state index in [4.69, 9.17) is 14.4 Å². The molecule has 1 aliphatic rings. The van der Waals surface area contributed by atoms with E-state index in [9.17, 15) is 9.90 Å². The maximum absolute atomic E-state index is 12.6. The van der Waals surface area contributed by atoms with Gasteiger partial charge in [0.1, 0.15) is 18.4 Å². The summed E-state index contributed by atoms with van der Waals surface area (Å²) < 4.78 is 6.68. The molecule has 1 saturated heterocycles. The molecule has 0 saturated carbocycles. The zero-order chi connectivity index (χ0) is 20.1. The number of carbonyl (C=O) groups is 2. The Balaban J connectivity index is 0.000000706. The fourth-order valence-electron chi connectivity index (χ4n) is 2.91. The van der Waals surface area contributed by atoms with Crippen LogP contribution in [0.1, 0.15) is 22.1 Å². The van der Waals surface area contributed by atoms with Crippen LogP contribution in [0.5, 0.6) is 0 Å². The Morgan fingerprint density at radius 1 is 1.39 bits per heavy atom. The number of β-amino-alcohol motifs (C(OH)–C–C–N with tert-alkyl or cyclic N) is 1. The van der Waals surface area contributed by atoms with Crippen molar-refractivity contribution in [3.05, 3.63) is 36.0 Å². The van der Waals surface area contributed by atoms with Crippen molar-refractivity contribution < 1.29 is 24.3 Å². The van der Waals surface area contributed by atoms with E-state index in [2.05, 4.69) is 30.5 Å². The summed E-state index contributed by atoms with van der Waals surface area (Å²) in [6.45, 7) is 2.23. The maximum Gasteiger partial charge on any atom is 0.291 e. The summed E-state index contributed by atoms with van der Waals surface area (Å²) in [5, 5.41) is 34.9. The molecule has 1 aliphatic heterocycles. The lowest BCUT2D eigenvalue weighted by molar-refractivity contribution is -0.122. The van der Waals surface area contributed by atoms with Crippen molar-refractivity contribution in [1.29, 1.82) is 0 Å². The molecule has 28 heavy (non-hydrogen) atoms. The summed E-state index contributed by atoms with van der Waals surface area (Å²) in [4.78, 5) is 26.6. The molecule has 3 aromatic heterocycles. The number of carbonyl (C=O) groups excluding carboxylic acids is 1. The Labute approximate surface area is 158 Å². The van der Waals surface area contributed by atoms with E-state index in [1.807, 2.05) is 13.0 Å². The number of amides is 1. The normalized spacial score (nSPS) is 18.6. The van der Waals surface area contributed by atoms with Crippen LogP contribution in [0, 0.1) is 12.8 Å². The van der Waals surface area contributed by atoms with Crippen LogP contribution in [-0.2, 0) is 11.2 Å². The number of nitrogens with zero attached hydrogens (tertiary/aromatic N) is 7. The maximum atomic E-state index is 12.6. The third-order valence-corrected chi connectivity index (χ3v) is 4.16. The Kier molecular flexibility index (Phi) is 5.74. The second kappa shape index (κ2) is 8.39. The van der Waals surface area contributed by atoms with E-state index >= 15 is 0 Å². The molecule has 1 fully saturated rings. The minimum Gasteiger partial charge on any atom is -0.483 e. The van der Waals surface area contributed by atoms with Gasteiger partial charge in [0.05, 0.1) is 11.8 Å². The molecular weight excluding hydrogens is 372 g/mol. The van der Waals surface area contributed by atoms with Gasteiger partial charge >= 0.3 is 0 Å². The number of aliphatic hydroxyl groups is 1. The second-order valence-electron chi connectivity index (χ2n) is 6.13. The van der Waals surface area contributed by atoms with Crippen LogP contribution in [-0.4, -0.2) is 81.8 Å². The summed E-state index contributed by atoms with van der Waals surface area (Å²) >= 11 is 0. The number of aliphatic hydroxyl groups excluding tert-OH is 1. The van der Waals surface area contributed by atoms with Crippen molar-refractivity contribution in [1.82, 2.24) is 40.0 Å². The smallest absolute Gasteiger partial charge is 0.291 e. The van der Waals surface area contributed by atoms with Crippen LogP contribution in [0.2, 0.25) is 0 Å². The van der Waals surface area contributed by atoms with Gasteiger partial charge in [-0.05, 0) is 6.92 Å². The molecule has 4 rings (SSSR count). The van der Waals surface area contributed by atoms with Gasteiger partial charge in [0.15, 0.2) is 0 Å². The molecule has 0 aliphatic carbocycles. The van der Waals surface area contributed by atoms with E-state index in [0.717, 1.165) is 5.69 Å². The van der Waals surface area contributed by atoms with Crippen molar-refractivity contribution in [2.45, 2.75) is 19.4 Å². The van der Waals surface area contributed by atoms with Gasteiger partial charge in [-0.1, -0.05) is 5.16 Å². The molecule has 3 aromatic rings. The lowest BCUT2D eigenvalue weighted by atomic mass is 10.0. The molecule has 13 nitrogen and oxygen atoms in total. The predicted molar refractivity (Wildman–Crippen MR) is 90.3 cm³/mol. The van der Waals surface area contributed by atoms with E-state index in [1.165, 1.54) is 17.2 Å². The van der Waals surface area contributed by atoms with Gasteiger partial charge in [0.2, 0.25) is 5.82 Å². The number of H-pyrrole nitrogens is 1. The quantitative estimate of drug-likeness (QED) is 0.471. The number of aryl methyl sites for hydroxylation is 1. The van der Waals surface area contributed by atoms with E-state index < -0.39 is 6.10 Å². The topological polar surface area (TPSA) is 176 Å². The van der Waals surface area contributed by atoms with Gasteiger partial charge in [0, 0.05) is 31.5 Å². The summed E-state index contributed by atoms with van der Waals surface area (Å²) in [6, 6.07) is 1.83. The zero-order valence-electron chi connectivity index (χ0n) is 14.8. The average molecular weight is 390 g/mol. The molecule has 0 spiro atoms. The fourth-order valence-corrected chi connectivity index (χ4v) is 2.91. The average Bonchev–Trinajstić information content (AvgIpc) is 3.43. The van der Waals surface area contributed by atoms with Gasteiger partial charge < -0.3 is 19.6 Å². The monoisotopic (exact) mass is 390 g/mol. The van der Waals surface area contributed by atoms with Crippen LogP contribution in [0.25, 0.3) is 5.95 Å². The third kappa shape index (κ3) is 4.20. The zero-order valence-corrected chi connectivity index (χ0v) is 14.8. The molecule has 1 amide bonds. The SMILES string of the molecule is Cc1cc(C[C@@H]2CN(C(=O)c3nc(-n4cnnc4)n[nH]3)C[C@@H]2O)on1.O=CO. The molecule has 148 valence electrons. The van der Waals surface area contributed by atoms with Crippen molar-refractivity contribution in [2.75, 3.05) is 13.1 Å². The first-order valence-corrected chi connectivity index (χ1v) is 8.26. The molecule has 0 radical (unpaired) electrons. The number of aromatic nitrogens is 7. The molecule has 0 aromatic carbocycles. The molecule has 4 heterocycles. The molecule has 13 heteroatoms. The molecule has 0 unspecified atom stereocenters. The highest BCUT2D eigenvalue weighted by molar-refractivity contribution is 5.90. The highest BCUT2D eigenvalue weighted by Gasteiger charge is 2.36. The van der Waals surface area contributed by atoms with Crippen LogP contribution >= 0.6 is 0 Å². The Morgan fingerprint density at radius 2 is 2.11 bits per heavy atom. The number of carboxylic acid groups (broad SMARTS) is 1. The Bertz CT molecular complexity index is 921. The fraction of sp³-hybridized carbons (Fsp3) is 0.400. The van der Waals surface area contributed by atoms with Gasteiger partial charge in [-0.15, -0.1) is 15.3 Å². The molecule has 3 N–H and O–H groups in total. The van der Waals surface area contributed by atoms with Crippen molar-refractivity contribution in [3.63, 3.8) is 0 Å². The van der Waals surface area contributed by atoms with Crippen LogP contribution in [0.4, 0.5) is 0 Å².